The highest BCUT2D eigenvalue weighted by Gasteiger charge is 2.26. The summed E-state index contributed by atoms with van der Waals surface area (Å²) in [4.78, 5) is 11.4. The van der Waals surface area contributed by atoms with Gasteiger partial charge in [-0.2, -0.15) is 17.6 Å². The second-order valence-electron chi connectivity index (χ2n) is 3.19. The number of ether oxygens (including phenoxy) is 2. The number of Topliss-reactive ketones (excluding diaryl/α,β-unsaturated/α-hetero) is 1. The van der Waals surface area contributed by atoms with Crippen molar-refractivity contribution in [2.24, 2.45) is 0 Å². The molecule has 0 aromatic heterocycles. The van der Waals surface area contributed by atoms with Gasteiger partial charge in [0.25, 0.3) is 0 Å². The predicted octanol–water partition coefficient (Wildman–Crippen LogP) is 4.40. The van der Waals surface area contributed by atoms with Crippen molar-refractivity contribution in [3.63, 3.8) is 0 Å². The first-order valence-electron chi connectivity index (χ1n) is 4.66. The summed E-state index contributed by atoms with van der Waals surface area (Å²) in [6.07, 6.45) is 0. The van der Waals surface area contributed by atoms with Crippen molar-refractivity contribution in [2.45, 2.75) is 20.1 Å². The average molecular weight is 321 g/mol. The molecule has 0 saturated heterocycles. The zero-order valence-electron chi connectivity index (χ0n) is 9.22. The molecular formula is C10H6Cl2F4O3. The van der Waals surface area contributed by atoms with Gasteiger partial charge in [-0.05, 0) is 13.0 Å². The van der Waals surface area contributed by atoms with Gasteiger partial charge < -0.3 is 9.47 Å². The van der Waals surface area contributed by atoms with Crippen LogP contribution in [0.2, 0.25) is 10.0 Å². The molecule has 0 spiro atoms. The van der Waals surface area contributed by atoms with Crippen molar-refractivity contribution < 1.29 is 31.8 Å². The number of hydrogen-bond acceptors (Lipinski definition) is 3. The molecule has 0 heterocycles. The minimum absolute atomic E-state index is 0.419. The Bertz CT molecular complexity index is 460. The summed E-state index contributed by atoms with van der Waals surface area (Å²) in [5.41, 5.74) is -0.668. The summed E-state index contributed by atoms with van der Waals surface area (Å²) in [5.74, 6) is -2.39. The molecule has 0 radical (unpaired) electrons. The third-order valence-corrected chi connectivity index (χ3v) is 2.47. The molecule has 0 aliphatic carbocycles. The maximum Gasteiger partial charge on any atom is 0.387 e. The minimum Gasteiger partial charge on any atom is -0.432 e. The SMILES string of the molecule is CC(=O)c1c(OC(F)F)c(Cl)cc(Cl)c1OC(F)F. The number of rotatable bonds is 5. The molecule has 0 amide bonds. The Morgan fingerprint density at radius 1 is 1.05 bits per heavy atom. The fraction of sp³-hybridized carbons (Fsp3) is 0.300. The quantitative estimate of drug-likeness (QED) is 0.596. The largest absolute Gasteiger partial charge is 0.432 e. The molecule has 1 rings (SSSR count). The fourth-order valence-electron chi connectivity index (χ4n) is 1.31. The van der Waals surface area contributed by atoms with E-state index < -0.39 is 46.1 Å². The van der Waals surface area contributed by atoms with Crippen LogP contribution in [0.25, 0.3) is 0 Å². The van der Waals surface area contributed by atoms with E-state index in [1.54, 1.807) is 0 Å². The molecule has 1 aromatic rings. The topological polar surface area (TPSA) is 35.5 Å². The van der Waals surface area contributed by atoms with Gasteiger partial charge in [0, 0.05) is 0 Å². The normalized spacial score (nSPS) is 11.0. The highest BCUT2D eigenvalue weighted by molar-refractivity contribution is 6.37. The molecule has 19 heavy (non-hydrogen) atoms. The Morgan fingerprint density at radius 2 is 1.42 bits per heavy atom. The van der Waals surface area contributed by atoms with Crippen molar-refractivity contribution >= 4 is 29.0 Å². The second-order valence-corrected chi connectivity index (χ2v) is 4.00. The Kier molecular flexibility index (Phi) is 5.25. The van der Waals surface area contributed by atoms with E-state index in [4.69, 9.17) is 23.2 Å². The average Bonchev–Trinajstić information content (AvgIpc) is 2.23. The zero-order valence-corrected chi connectivity index (χ0v) is 10.7. The molecule has 0 fully saturated rings. The van der Waals surface area contributed by atoms with Crippen LogP contribution in [-0.4, -0.2) is 19.0 Å². The Hall–Kier alpha value is -1.21. The summed E-state index contributed by atoms with van der Waals surface area (Å²) in [5, 5.41) is -0.839. The Labute approximate surface area is 115 Å². The number of carbonyl (C=O) groups is 1. The maximum absolute atomic E-state index is 12.2. The van der Waals surface area contributed by atoms with E-state index >= 15 is 0 Å². The highest BCUT2D eigenvalue weighted by atomic mass is 35.5. The Balaban J connectivity index is 3.48. The monoisotopic (exact) mass is 320 g/mol. The molecule has 106 valence electrons. The van der Waals surface area contributed by atoms with E-state index in [-0.39, 0.29) is 0 Å². The lowest BCUT2D eigenvalue weighted by atomic mass is 10.1. The highest BCUT2D eigenvalue weighted by Crippen LogP contribution is 2.42. The lowest BCUT2D eigenvalue weighted by molar-refractivity contribution is -0.0547. The molecule has 0 atom stereocenters. The molecule has 0 aliphatic heterocycles. The van der Waals surface area contributed by atoms with Gasteiger partial charge in [0.1, 0.15) is 5.56 Å². The first-order valence-corrected chi connectivity index (χ1v) is 5.42. The molecule has 0 N–H and O–H groups in total. The van der Waals surface area contributed by atoms with Gasteiger partial charge in [-0.25, -0.2) is 0 Å². The van der Waals surface area contributed by atoms with Crippen LogP contribution in [0.4, 0.5) is 17.6 Å². The van der Waals surface area contributed by atoms with Crippen LogP contribution in [0.15, 0.2) is 6.07 Å². The molecule has 0 saturated carbocycles. The third-order valence-electron chi connectivity index (χ3n) is 1.91. The third kappa shape index (κ3) is 3.87. The van der Waals surface area contributed by atoms with Gasteiger partial charge in [-0.15, -0.1) is 0 Å². The van der Waals surface area contributed by atoms with Gasteiger partial charge >= 0.3 is 13.2 Å². The summed E-state index contributed by atoms with van der Waals surface area (Å²) in [6.45, 7) is -5.65. The molecule has 3 nitrogen and oxygen atoms in total. The van der Waals surface area contributed by atoms with Crippen molar-refractivity contribution in [1.29, 1.82) is 0 Å². The fourth-order valence-corrected chi connectivity index (χ4v) is 1.86. The summed E-state index contributed by atoms with van der Waals surface area (Å²) in [7, 11) is 0. The van der Waals surface area contributed by atoms with Crippen molar-refractivity contribution in [2.75, 3.05) is 0 Å². The number of carbonyl (C=O) groups excluding carboxylic acids is 1. The van der Waals surface area contributed by atoms with E-state index in [0.29, 0.717) is 0 Å². The first kappa shape index (κ1) is 15.8. The lowest BCUT2D eigenvalue weighted by Crippen LogP contribution is -2.12. The maximum atomic E-state index is 12.2. The van der Waals surface area contributed by atoms with E-state index in [9.17, 15) is 22.4 Å². The summed E-state index contributed by atoms with van der Waals surface area (Å²) < 4.78 is 57.0. The van der Waals surface area contributed by atoms with Crippen molar-refractivity contribution in [3.8, 4) is 11.5 Å². The number of alkyl halides is 4. The Morgan fingerprint density at radius 3 is 1.68 bits per heavy atom. The number of halogens is 6. The predicted molar refractivity (Wildman–Crippen MR) is 59.7 cm³/mol. The van der Waals surface area contributed by atoms with Crippen molar-refractivity contribution in [3.05, 3.63) is 21.7 Å². The van der Waals surface area contributed by atoms with E-state index in [0.717, 1.165) is 13.0 Å². The van der Waals surface area contributed by atoms with E-state index in [1.807, 2.05) is 0 Å². The zero-order chi connectivity index (χ0) is 14.7. The summed E-state index contributed by atoms with van der Waals surface area (Å²) in [6, 6.07) is 0.866. The van der Waals surface area contributed by atoms with Crippen molar-refractivity contribution in [1.82, 2.24) is 0 Å². The molecule has 0 bridgehead atoms. The number of hydrogen-bond donors (Lipinski definition) is 0. The first-order chi connectivity index (χ1) is 8.73. The van der Waals surface area contributed by atoms with Gasteiger partial charge in [0.15, 0.2) is 17.3 Å². The summed E-state index contributed by atoms with van der Waals surface area (Å²) >= 11 is 11.2. The van der Waals surface area contributed by atoms with E-state index in [2.05, 4.69) is 9.47 Å². The molecular weight excluding hydrogens is 315 g/mol. The van der Waals surface area contributed by atoms with Crippen LogP contribution in [0.5, 0.6) is 11.5 Å². The van der Waals surface area contributed by atoms with Crippen LogP contribution in [0.3, 0.4) is 0 Å². The van der Waals surface area contributed by atoms with Gasteiger partial charge in [0.2, 0.25) is 0 Å². The van der Waals surface area contributed by atoms with Gasteiger partial charge in [-0.1, -0.05) is 23.2 Å². The van der Waals surface area contributed by atoms with Crippen LogP contribution < -0.4 is 9.47 Å². The lowest BCUT2D eigenvalue weighted by Gasteiger charge is -2.16. The molecule has 0 aliphatic rings. The van der Waals surface area contributed by atoms with Crippen LogP contribution in [0.1, 0.15) is 17.3 Å². The van der Waals surface area contributed by atoms with Gasteiger partial charge in [0.05, 0.1) is 10.0 Å². The van der Waals surface area contributed by atoms with Crippen LogP contribution in [0, 0.1) is 0 Å². The molecule has 1 aromatic carbocycles. The number of ketones is 1. The second kappa shape index (κ2) is 6.29. The molecule has 9 heteroatoms. The molecule has 0 unspecified atom stereocenters. The van der Waals surface area contributed by atoms with Gasteiger partial charge in [-0.3, -0.25) is 4.79 Å². The number of benzene rings is 1. The smallest absolute Gasteiger partial charge is 0.387 e. The van der Waals surface area contributed by atoms with Crippen LogP contribution >= 0.6 is 23.2 Å². The van der Waals surface area contributed by atoms with Crippen LogP contribution in [-0.2, 0) is 0 Å². The minimum atomic E-state index is -3.30. The standard InChI is InChI=1S/C10H6Cl2F4O3/c1-3(17)6-7(18-9(13)14)4(11)2-5(12)8(6)19-10(15)16/h2,9-10H,1H3. The van der Waals surface area contributed by atoms with E-state index in [1.165, 1.54) is 0 Å².